The van der Waals surface area contributed by atoms with Crippen LogP contribution in [0.2, 0.25) is 10.0 Å². The molecule has 14 heteroatoms. The second-order valence-electron chi connectivity index (χ2n) is 14.8. The molecule has 0 saturated carbocycles. The van der Waals surface area contributed by atoms with Gasteiger partial charge in [-0.25, -0.2) is 9.78 Å². The third kappa shape index (κ3) is 9.20. The number of amides is 1. The molecule has 1 unspecified atom stereocenters. The average molecular weight is 861 g/mol. The number of carbonyl (C=O) groups is 2. The first-order chi connectivity index (χ1) is 29.0. The topological polar surface area (TPSA) is 160 Å². The van der Waals surface area contributed by atoms with E-state index in [9.17, 15) is 14.7 Å². The summed E-state index contributed by atoms with van der Waals surface area (Å²) in [5.41, 5.74) is 13.8. The molecule has 5 aromatic carbocycles. The number of hydrogen-bond donors (Lipinski definition) is 3. The highest BCUT2D eigenvalue weighted by Crippen LogP contribution is 2.41. The maximum absolute atomic E-state index is 14.2. The molecule has 0 saturated heterocycles. The van der Waals surface area contributed by atoms with Crippen molar-refractivity contribution in [3.8, 4) is 34.4 Å². The summed E-state index contributed by atoms with van der Waals surface area (Å²) in [6.45, 7) is 3.30. The first-order valence-corrected chi connectivity index (χ1v) is 20.8. The highest BCUT2D eigenvalue weighted by molar-refractivity contribution is 7.15. The van der Waals surface area contributed by atoms with Gasteiger partial charge in [0.2, 0.25) is 5.91 Å². The number of aromatic nitrogens is 1. The van der Waals surface area contributed by atoms with Crippen LogP contribution in [0.1, 0.15) is 50.1 Å². The Balaban J connectivity index is 0.967. The van der Waals surface area contributed by atoms with Crippen LogP contribution >= 0.6 is 34.5 Å². The maximum atomic E-state index is 14.2. The van der Waals surface area contributed by atoms with E-state index in [1.807, 2.05) is 90.7 Å². The number of thiazole rings is 1. The van der Waals surface area contributed by atoms with E-state index in [0.29, 0.717) is 64.1 Å². The lowest BCUT2D eigenvalue weighted by atomic mass is 9.92. The van der Waals surface area contributed by atoms with Gasteiger partial charge in [-0.2, -0.15) is 5.26 Å². The molecule has 1 amide bonds. The van der Waals surface area contributed by atoms with Crippen molar-refractivity contribution in [3.63, 3.8) is 0 Å². The minimum Gasteiger partial charge on any atom is -0.489 e. The molecule has 11 nitrogen and oxygen atoms in total. The summed E-state index contributed by atoms with van der Waals surface area (Å²) in [5, 5.41) is 23.7. The van der Waals surface area contributed by atoms with Crippen LogP contribution < -0.4 is 25.3 Å². The molecule has 3 heterocycles. The fourth-order valence-corrected chi connectivity index (χ4v) is 8.60. The zero-order valence-corrected chi connectivity index (χ0v) is 34.7. The Morgan fingerprint density at radius 2 is 1.67 bits per heavy atom. The number of benzene rings is 5. The van der Waals surface area contributed by atoms with Crippen molar-refractivity contribution in [1.29, 1.82) is 5.26 Å². The quantitative estimate of drug-likeness (QED) is 0.109. The highest BCUT2D eigenvalue weighted by Gasteiger charge is 2.36. The highest BCUT2D eigenvalue weighted by atomic mass is 35.5. The van der Waals surface area contributed by atoms with Crippen molar-refractivity contribution in [3.05, 3.63) is 157 Å². The normalized spacial score (nSPS) is 16.3. The molecule has 60 heavy (non-hydrogen) atoms. The van der Waals surface area contributed by atoms with Gasteiger partial charge in [-0.1, -0.05) is 77.8 Å². The van der Waals surface area contributed by atoms with Gasteiger partial charge in [-0.15, -0.1) is 11.3 Å². The summed E-state index contributed by atoms with van der Waals surface area (Å²) < 4.78 is 18.7. The van der Waals surface area contributed by atoms with Gasteiger partial charge in [0.15, 0.2) is 22.7 Å². The number of halogens is 2. The van der Waals surface area contributed by atoms with E-state index >= 15 is 0 Å². The van der Waals surface area contributed by atoms with Crippen LogP contribution in [0.4, 0.5) is 5.13 Å². The average Bonchev–Trinajstić information content (AvgIpc) is 3.58. The monoisotopic (exact) mass is 859 g/mol. The number of nitrogens with one attached hydrogen (secondary N) is 1. The van der Waals surface area contributed by atoms with Crippen LogP contribution in [-0.4, -0.2) is 45.6 Å². The largest absolute Gasteiger partial charge is 0.489 e. The summed E-state index contributed by atoms with van der Waals surface area (Å²) >= 11 is 13.6. The number of carboxylic acid groups (broad SMARTS) is 1. The van der Waals surface area contributed by atoms with Crippen LogP contribution in [0, 0.1) is 18.3 Å². The standard InChI is InChI=1S/C46H39Cl2N5O6S/c1-26-43(60-46(50)51-26)23-53-22-34-20-41-40(58-25-42(59-41)32-11-13-35(14-12-32)57-24-29-6-15-36(47)37(48)16-29)19-33(34)18-39(53)44(54)52-38(45(55)56)17-27-2-7-30(8-3-27)31-9-4-28(21-49)5-10-31/h2-16,19-20,38-39,42H,17-18,22-25H2,1H3,(H2,50,51)(H,52,54)(H,55,56)/t38-,39-,42?/m0/s1. The number of fused-ring (bicyclic) bond motifs is 2. The molecule has 1 aromatic heterocycles. The number of ether oxygens (including phenoxy) is 3. The van der Waals surface area contributed by atoms with Gasteiger partial charge in [-0.05, 0) is 101 Å². The van der Waals surface area contributed by atoms with Crippen LogP contribution in [0.5, 0.6) is 17.2 Å². The second kappa shape index (κ2) is 17.6. The molecular weight excluding hydrogens is 822 g/mol. The SMILES string of the molecule is Cc1nc(N)sc1CN1Cc2cc3c(cc2C[C@H]1C(=O)N[C@@H](Cc1ccc(-c2ccc(C#N)cc2)cc1)C(=O)O)OCC(c1ccc(OCc2ccc(Cl)c(Cl)c2)cc1)O3. The lowest BCUT2D eigenvalue weighted by Crippen LogP contribution is -2.54. The molecule has 2 aliphatic heterocycles. The second-order valence-corrected chi connectivity index (χ2v) is 16.7. The minimum atomic E-state index is -1.16. The number of carboxylic acids is 1. The number of anilines is 1. The molecule has 3 atom stereocenters. The number of aliphatic carboxylic acids is 1. The van der Waals surface area contributed by atoms with Gasteiger partial charge in [0.05, 0.1) is 33.4 Å². The van der Waals surface area contributed by atoms with Gasteiger partial charge >= 0.3 is 5.97 Å². The number of carbonyl (C=O) groups excluding carboxylic acids is 1. The van der Waals surface area contributed by atoms with Gasteiger partial charge in [0.25, 0.3) is 0 Å². The zero-order valence-electron chi connectivity index (χ0n) is 32.4. The third-order valence-electron chi connectivity index (χ3n) is 10.7. The Hall–Kier alpha value is -6.10. The van der Waals surface area contributed by atoms with Gasteiger partial charge in [-0.3, -0.25) is 9.69 Å². The van der Waals surface area contributed by atoms with Gasteiger partial charge < -0.3 is 30.4 Å². The molecule has 6 aromatic rings. The Morgan fingerprint density at radius 1 is 0.967 bits per heavy atom. The number of rotatable bonds is 12. The number of aryl methyl sites for hydroxylation is 1. The summed E-state index contributed by atoms with van der Waals surface area (Å²) in [6, 6.07) is 32.0. The lowest BCUT2D eigenvalue weighted by molar-refractivity contribution is -0.142. The first kappa shape index (κ1) is 40.7. The smallest absolute Gasteiger partial charge is 0.326 e. The van der Waals surface area contributed by atoms with E-state index in [2.05, 4.69) is 16.4 Å². The Kier molecular flexibility index (Phi) is 12.0. The Morgan fingerprint density at radius 3 is 2.33 bits per heavy atom. The van der Waals surface area contributed by atoms with Gasteiger partial charge in [0, 0.05) is 24.4 Å². The lowest BCUT2D eigenvalue weighted by Gasteiger charge is -2.37. The van der Waals surface area contributed by atoms with Crippen LogP contribution in [0.3, 0.4) is 0 Å². The summed E-state index contributed by atoms with van der Waals surface area (Å²) in [7, 11) is 0. The van der Waals surface area contributed by atoms with Gasteiger partial charge in [0.1, 0.15) is 25.0 Å². The molecule has 2 aliphatic rings. The van der Waals surface area contributed by atoms with E-state index in [0.717, 1.165) is 49.5 Å². The first-order valence-electron chi connectivity index (χ1n) is 19.2. The fourth-order valence-electron chi connectivity index (χ4n) is 7.42. The molecule has 4 N–H and O–H groups in total. The van der Waals surface area contributed by atoms with Crippen molar-refractivity contribution in [2.24, 2.45) is 0 Å². The van der Waals surface area contributed by atoms with E-state index in [4.69, 9.17) is 48.4 Å². The van der Waals surface area contributed by atoms with Crippen molar-refractivity contribution in [1.82, 2.24) is 15.2 Å². The number of hydrogen-bond acceptors (Lipinski definition) is 10. The minimum absolute atomic E-state index is 0.0941. The van der Waals surface area contributed by atoms with E-state index in [1.165, 1.54) is 11.3 Å². The van der Waals surface area contributed by atoms with Crippen molar-refractivity contribution in [2.75, 3.05) is 12.3 Å². The van der Waals surface area contributed by atoms with Crippen molar-refractivity contribution < 1.29 is 28.9 Å². The zero-order chi connectivity index (χ0) is 41.9. The Bertz CT molecular complexity index is 2600. The number of nitrogen functional groups attached to an aromatic ring is 1. The van der Waals surface area contributed by atoms with Crippen LogP contribution in [-0.2, 0) is 42.1 Å². The molecule has 0 bridgehead atoms. The van der Waals surface area contributed by atoms with E-state index < -0.39 is 24.0 Å². The predicted octanol–water partition coefficient (Wildman–Crippen LogP) is 8.71. The maximum Gasteiger partial charge on any atom is 0.326 e. The number of nitrogens with zero attached hydrogens (tertiary/aromatic N) is 3. The fraction of sp³-hybridized carbons (Fsp3) is 0.217. The van der Waals surface area contributed by atoms with E-state index in [1.54, 1.807) is 24.3 Å². The summed E-state index contributed by atoms with van der Waals surface area (Å²) in [6.07, 6.45) is 0.0571. The summed E-state index contributed by atoms with van der Waals surface area (Å²) in [5.74, 6) is 0.349. The Labute approximate surface area is 360 Å². The number of nitriles is 1. The molecule has 304 valence electrons. The van der Waals surface area contributed by atoms with Crippen LogP contribution in [0.15, 0.2) is 103 Å². The van der Waals surface area contributed by atoms with Crippen molar-refractivity contribution >= 4 is 51.5 Å². The number of nitrogens with two attached hydrogens (primary N) is 1. The summed E-state index contributed by atoms with van der Waals surface area (Å²) in [4.78, 5) is 34.1. The molecule has 0 fully saturated rings. The molecular formula is C46H39Cl2N5O6S. The van der Waals surface area contributed by atoms with E-state index in [-0.39, 0.29) is 19.1 Å². The predicted molar refractivity (Wildman–Crippen MR) is 230 cm³/mol. The molecule has 8 rings (SSSR count). The van der Waals surface area contributed by atoms with Crippen LogP contribution in [0.25, 0.3) is 11.1 Å². The molecule has 0 spiro atoms. The molecule has 0 radical (unpaired) electrons. The van der Waals surface area contributed by atoms with Crippen molar-refractivity contribution in [2.45, 2.75) is 57.6 Å². The molecule has 0 aliphatic carbocycles. The third-order valence-corrected chi connectivity index (χ3v) is 12.4.